The molecule has 2 heteroatoms. The molecule has 14 heavy (non-hydrogen) atoms. The number of hydrogen-bond donors (Lipinski definition) is 1. The third kappa shape index (κ3) is 1.55. The number of H-pyrrole nitrogens is 1. The summed E-state index contributed by atoms with van der Waals surface area (Å²) < 4.78 is 0. The standard InChI is InChI=1S/C12H14N2/c1-8-4-5-9(2)11(6-8)12-13-7-10(3)14-12/h4-7H,1-3H3,(H,13,14). The van der Waals surface area contributed by atoms with E-state index in [1.165, 1.54) is 16.7 Å². The van der Waals surface area contributed by atoms with Crippen LogP contribution in [0, 0.1) is 20.8 Å². The van der Waals surface area contributed by atoms with E-state index < -0.39 is 0 Å². The fourth-order valence-corrected chi connectivity index (χ4v) is 1.54. The zero-order valence-corrected chi connectivity index (χ0v) is 8.76. The van der Waals surface area contributed by atoms with Crippen LogP contribution < -0.4 is 0 Å². The number of nitrogens with zero attached hydrogens (tertiary/aromatic N) is 1. The average Bonchev–Trinajstić information content (AvgIpc) is 2.56. The van der Waals surface area contributed by atoms with Crippen LogP contribution in [-0.4, -0.2) is 9.97 Å². The molecule has 72 valence electrons. The van der Waals surface area contributed by atoms with Crippen LogP contribution >= 0.6 is 0 Å². The van der Waals surface area contributed by atoms with Crippen molar-refractivity contribution in [2.75, 3.05) is 0 Å². The lowest BCUT2D eigenvalue weighted by atomic mass is 10.1. The summed E-state index contributed by atoms with van der Waals surface area (Å²) in [6.07, 6.45) is 1.86. The molecule has 1 heterocycles. The molecule has 0 saturated heterocycles. The molecule has 0 bridgehead atoms. The maximum atomic E-state index is 4.33. The minimum atomic E-state index is 0.962. The van der Waals surface area contributed by atoms with E-state index in [-0.39, 0.29) is 0 Å². The second kappa shape index (κ2) is 3.29. The van der Waals surface area contributed by atoms with Gasteiger partial charge in [0.2, 0.25) is 0 Å². The molecule has 0 amide bonds. The molecule has 0 spiro atoms. The maximum absolute atomic E-state index is 4.33. The van der Waals surface area contributed by atoms with E-state index in [0.717, 1.165) is 11.5 Å². The minimum Gasteiger partial charge on any atom is -0.342 e. The number of aromatic amines is 1. The number of nitrogens with one attached hydrogen (secondary N) is 1. The fourth-order valence-electron chi connectivity index (χ4n) is 1.54. The van der Waals surface area contributed by atoms with Crippen LogP contribution in [0.5, 0.6) is 0 Å². The fraction of sp³-hybridized carbons (Fsp3) is 0.250. The van der Waals surface area contributed by atoms with Gasteiger partial charge in [0.15, 0.2) is 0 Å². The summed E-state index contributed by atoms with van der Waals surface area (Å²) in [5, 5.41) is 0. The van der Waals surface area contributed by atoms with Crippen molar-refractivity contribution in [2.24, 2.45) is 0 Å². The van der Waals surface area contributed by atoms with Crippen molar-refractivity contribution in [1.82, 2.24) is 9.97 Å². The van der Waals surface area contributed by atoms with Crippen molar-refractivity contribution < 1.29 is 0 Å². The Bertz CT molecular complexity index is 455. The quantitative estimate of drug-likeness (QED) is 0.728. The van der Waals surface area contributed by atoms with Gasteiger partial charge in [0.05, 0.1) is 0 Å². The topological polar surface area (TPSA) is 28.7 Å². The molecule has 2 nitrogen and oxygen atoms in total. The first-order valence-electron chi connectivity index (χ1n) is 4.76. The third-order valence-electron chi connectivity index (χ3n) is 2.35. The van der Waals surface area contributed by atoms with Gasteiger partial charge in [0.25, 0.3) is 0 Å². The average molecular weight is 186 g/mol. The van der Waals surface area contributed by atoms with E-state index in [2.05, 4.69) is 42.0 Å². The third-order valence-corrected chi connectivity index (χ3v) is 2.35. The van der Waals surface area contributed by atoms with Crippen molar-refractivity contribution in [1.29, 1.82) is 0 Å². The van der Waals surface area contributed by atoms with Gasteiger partial charge in [-0.3, -0.25) is 0 Å². The maximum Gasteiger partial charge on any atom is 0.137 e. The predicted molar refractivity (Wildman–Crippen MR) is 58.2 cm³/mol. The van der Waals surface area contributed by atoms with Crippen LogP contribution in [0.3, 0.4) is 0 Å². The molecule has 2 rings (SSSR count). The van der Waals surface area contributed by atoms with Gasteiger partial charge in [-0.05, 0) is 32.4 Å². The molecule has 0 aliphatic rings. The van der Waals surface area contributed by atoms with Gasteiger partial charge in [0.1, 0.15) is 5.82 Å². The lowest BCUT2D eigenvalue weighted by molar-refractivity contribution is 1.24. The lowest BCUT2D eigenvalue weighted by Crippen LogP contribution is -1.86. The van der Waals surface area contributed by atoms with E-state index in [1.807, 2.05) is 13.1 Å². The van der Waals surface area contributed by atoms with E-state index >= 15 is 0 Å². The van der Waals surface area contributed by atoms with E-state index in [0.29, 0.717) is 0 Å². The Balaban J connectivity index is 2.55. The molecular formula is C12H14N2. The molecule has 1 aromatic heterocycles. The van der Waals surface area contributed by atoms with Crippen molar-refractivity contribution >= 4 is 0 Å². The Hall–Kier alpha value is -1.57. The minimum absolute atomic E-state index is 0.962. The SMILES string of the molecule is Cc1ccc(C)c(-c2ncc(C)[nH]2)c1. The zero-order chi connectivity index (χ0) is 10.1. The molecule has 0 aliphatic carbocycles. The summed E-state index contributed by atoms with van der Waals surface area (Å²) in [5.41, 5.74) is 4.81. The molecule has 0 saturated carbocycles. The van der Waals surface area contributed by atoms with E-state index in [9.17, 15) is 0 Å². The van der Waals surface area contributed by atoms with Crippen LogP contribution in [0.25, 0.3) is 11.4 Å². The summed E-state index contributed by atoms with van der Waals surface area (Å²) in [7, 11) is 0. The highest BCUT2D eigenvalue weighted by atomic mass is 14.9. The van der Waals surface area contributed by atoms with Gasteiger partial charge in [0, 0.05) is 17.5 Å². The first-order chi connectivity index (χ1) is 6.66. The molecule has 0 fully saturated rings. The molecule has 2 aromatic rings. The highest BCUT2D eigenvalue weighted by Gasteiger charge is 2.04. The summed E-state index contributed by atoms with van der Waals surface area (Å²) in [5.74, 6) is 0.962. The van der Waals surface area contributed by atoms with E-state index in [1.54, 1.807) is 0 Å². The predicted octanol–water partition coefficient (Wildman–Crippen LogP) is 3.00. The Labute approximate surface area is 84.0 Å². The molecule has 0 unspecified atom stereocenters. The number of imidazole rings is 1. The Kier molecular flexibility index (Phi) is 2.12. The Morgan fingerprint density at radius 2 is 1.93 bits per heavy atom. The second-order valence-electron chi connectivity index (χ2n) is 3.73. The first-order valence-corrected chi connectivity index (χ1v) is 4.76. The van der Waals surface area contributed by atoms with Crippen molar-refractivity contribution in [3.63, 3.8) is 0 Å². The van der Waals surface area contributed by atoms with Crippen molar-refractivity contribution in [2.45, 2.75) is 20.8 Å². The number of aryl methyl sites for hydroxylation is 3. The number of benzene rings is 1. The van der Waals surface area contributed by atoms with Gasteiger partial charge in [-0.15, -0.1) is 0 Å². The van der Waals surface area contributed by atoms with E-state index in [4.69, 9.17) is 0 Å². The number of aromatic nitrogens is 2. The number of hydrogen-bond acceptors (Lipinski definition) is 1. The molecule has 1 N–H and O–H groups in total. The second-order valence-corrected chi connectivity index (χ2v) is 3.73. The zero-order valence-electron chi connectivity index (χ0n) is 8.76. The van der Waals surface area contributed by atoms with Crippen LogP contribution in [0.2, 0.25) is 0 Å². The lowest BCUT2D eigenvalue weighted by Gasteiger charge is -2.03. The summed E-state index contributed by atoms with van der Waals surface area (Å²) in [6.45, 7) is 6.22. The molecule has 0 radical (unpaired) electrons. The van der Waals surface area contributed by atoms with Gasteiger partial charge >= 0.3 is 0 Å². The van der Waals surface area contributed by atoms with Crippen LogP contribution in [-0.2, 0) is 0 Å². The molecular weight excluding hydrogens is 172 g/mol. The Morgan fingerprint density at radius 1 is 1.14 bits per heavy atom. The normalized spacial score (nSPS) is 10.5. The molecule has 0 aliphatic heterocycles. The van der Waals surface area contributed by atoms with Crippen molar-refractivity contribution in [3.8, 4) is 11.4 Å². The first kappa shape index (κ1) is 9.00. The summed E-state index contributed by atoms with van der Waals surface area (Å²) in [4.78, 5) is 7.58. The van der Waals surface area contributed by atoms with Gasteiger partial charge < -0.3 is 4.98 Å². The molecule has 1 aromatic carbocycles. The highest BCUT2D eigenvalue weighted by Crippen LogP contribution is 2.21. The van der Waals surface area contributed by atoms with Crippen LogP contribution in [0.1, 0.15) is 16.8 Å². The largest absolute Gasteiger partial charge is 0.342 e. The smallest absolute Gasteiger partial charge is 0.137 e. The molecule has 0 atom stereocenters. The summed E-state index contributed by atoms with van der Waals surface area (Å²) >= 11 is 0. The van der Waals surface area contributed by atoms with Crippen molar-refractivity contribution in [3.05, 3.63) is 41.2 Å². The van der Waals surface area contributed by atoms with Crippen LogP contribution in [0.4, 0.5) is 0 Å². The van der Waals surface area contributed by atoms with Crippen LogP contribution in [0.15, 0.2) is 24.4 Å². The van der Waals surface area contributed by atoms with Gasteiger partial charge in [-0.25, -0.2) is 4.98 Å². The Morgan fingerprint density at radius 3 is 2.57 bits per heavy atom. The summed E-state index contributed by atoms with van der Waals surface area (Å²) in [6, 6.07) is 6.41. The van der Waals surface area contributed by atoms with Gasteiger partial charge in [-0.1, -0.05) is 17.7 Å². The highest BCUT2D eigenvalue weighted by molar-refractivity contribution is 5.61. The van der Waals surface area contributed by atoms with Gasteiger partial charge in [-0.2, -0.15) is 0 Å². The number of rotatable bonds is 1. The monoisotopic (exact) mass is 186 g/mol.